The molecule has 4 rings (SSSR count). The molecule has 31 heavy (non-hydrogen) atoms. The van der Waals surface area contributed by atoms with Crippen molar-refractivity contribution in [2.75, 3.05) is 0 Å². The van der Waals surface area contributed by atoms with Crippen LogP contribution >= 0.6 is 0 Å². The van der Waals surface area contributed by atoms with Gasteiger partial charge in [0.05, 0.1) is 22.8 Å². The van der Waals surface area contributed by atoms with E-state index in [1.165, 1.54) is 0 Å². The van der Waals surface area contributed by atoms with Crippen molar-refractivity contribution in [3.8, 4) is 11.4 Å². The van der Waals surface area contributed by atoms with E-state index in [1.54, 1.807) is 10.9 Å². The molecule has 0 bridgehead atoms. The third-order valence-electron chi connectivity index (χ3n) is 4.90. The Bertz CT molecular complexity index is 1150. The molecular weight excluding hydrogens is 390 g/mol. The van der Waals surface area contributed by atoms with Gasteiger partial charge >= 0.3 is 5.97 Å². The van der Waals surface area contributed by atoms with Gasteiger partial charge in [0.15, 0.2) is 0 Å². The van der Waals surface area contributed by atoms with Gasteiger partial charge in [-0.25, -0.2) is 9.48 Å². The van der Waals surface area contributed by atoms with E-state index in [4.69, 9.17) is 9.47 Å². The van der Waals surface area contributed by atoms with Gasteiger partial charge in [0, 0.05) is 6.20 Å². The Balaban J connectivity index is 1.37. The van der Waals surface area contributed by atoms with Gasteiger partial charge in [-0.1, -0.05) is 36.4 Å². The van der Waals surface area contributed by atoms with Crippen molar-refractivity contribution in [3.05, 3.63) is 107 Å². The summed E-state index contributed by atoms with van der Waals surface area (Å²) in [6.07, 6.45) is 1.74. The van der Waals surface area contributed by atoms with Gasteiger partial charge in [-0.2, -0.15) is 5.10 Å². The zero-order valence-electron chi connectivity index (χ0n) is 17.5. The van der Waals surface area contributed by atoms with Crippen LogP contribution in [0, 0.1) is 13.8 Å². The first-order chi connectivity index (χ1) is 15.1. The molecule has 6 heteroatoms. The van der Waals surface area contributed by atoms with E-state index in [0.717, 1.165) is 28.4 Å². The summed E-state index contributed by atoms with van der Waals surface area (Å²) in [5.74, 6) is 0.351. The molecule has 2 heterocycles. The van der Waals surface area contributed by atoms with Crippen LogP contribution < -0.4 is 4.74 Å². The number of para-hydroxylation sites is 1. The zero-order valence-corrected chi connectivity index (χ0v) is 17.5. The number of rotatable bonds is 7. The lowest BCUT2D eigenvalue weighted by atomic mass is 10.2. The average molecular weight is 413 g/mol. The lowest BCUT2D eigenvalue weighted by Gasteiger charge is -2.08. The topological polar surface area (TPSA) is 66.2 Å². The number of aromatic nitrogens is 3. The smallest absolute Gasteiger partial charge is 0.342 e. The van der Waals surface area contributed by atoms with Gasteiger partial charge in [0.25, 0.3) is 0 Å². The van der Waals surface area contributed by atoms with Gasteiger partial charge in [-0.3, -0.25) is 4.98 Å². The minimum atomic E-state index is -0.382. The SMILES string of the molecule is Cc1nn(-c2ccccc2)c(C)c1C(=O)OCc1ccc(OCc2ccccn2)cc1. The lowest BCUT2D eigenvalue weighted by Crippen LogP contribution is -2.08. The molecule has 0 amide bonds. The molecule has 2 aromatic heterocycles. The molecule has 0 saturated carbocycles. The van der Waals surface area contributed by atoms with Crippen molar-refractivity contribution in [1.82, 2.24) is 14.8 Å². The molecule has 0 N–H and O–H groups in total. The Hall–Kier alpha value is -3.93. The van der Waals surface area contributed by atoms with Crippen LogP contribution in [0.1, 0.15) is 33.0 Å². The molecule has 0 fully saturated rings. The monoisotopic (exact) mass is 413 g/mol. The second kappa shape index (κ2) is 9.26. The fourth-order valence-electron chi connectivity index (χ4n) is 3.30. The van der Waals surface area contributed by atoms with Crippen LogP contribution in [0.4, 0.5) is 0 Å². The molecular formula is C25H23N3O3. The third kappa shape index (κ3) is 4.80. The van der Waals surface area contributed by atoms with Gasteiger partial charge in [0.1, 0.15) is 24.5 Å². The highest BCUT2D eigenvalue weighted by molar-refractivity contribution is 5.92. The third-order valence-corrected chi connectivity index (χ3v) is 4.90. The first-order valence-electron chi connectivity index (χ1n) is 10.0. The molecule has 0 unspecified atom stereocenters. The predicted octanol–water partition coefficient (Wildman–Crippen LogP) is 4.82. The Morgan fingerprint density at radius 2 is 1.65 bits per heavy atom. The maximum Gasteiger partial charge on any atom is 0.342 e. The van der Waals surface area contributed by atoms with Crippen LogP contribution in [0.15, 0.2) is 79.0 Å². The summed E-state index contributed by atoms with van der Waals surface area (Å²) < 4.78 is 13.1. The fourth-order valence-corrected chi connectivity index (χ4v) is 3.30. The second-order valence-electron chi connectivity index (χ2n) is 7.12. The van der Waals surface area contributed by atoms with Crippen LogP contribution in [-0.4, -0.2) is 20.7 Å². The number of hydrogen-bond donors (Lipinski definition) is 0. The molecule has 0 aliphatic heterocycles. The summed E-state index contributed by atoms with van der Waals surface area (Å²) in [5.41, 5.74) is 4.55. The van der Waals surface area contributed by atoms with Crippen molar-refractivity contribution in [2.24, 2.45) is 0 Å². The number of pyridine rings is 1. The highest BCUT2D eigenvalue weighted by Gasteiger charge is 2.20. The number of carbonyl (C=O) groups is 1. The largest absolute Gasteiger partial charge is 0.487 e. The van der Waals surface area contributed by atoms with E-state index in [0.29, 0.717) is 17.9 Å². The lowest BCUT2D eigenvalue weighted by molar-refractivity contribution is 0.0471. The minimum Gasteiger partial charge on any atom is -0.487 e. The molecule has 0 radical (unpaired) electrons. The molecule has 4 aromatic rings. The maximum absolute atomic E-state index is 12.7. The van der Waals surface area contributed by atoms with Crippen molar-refractivity contribution in [2.45, 2.75) is 27.1 Å². The van der Waals surface area contributed by atoms with E-state index in [1.807, 2.05) is 86.6 Å². The quantitative estimate of drug-likeness (QED) is 0.407. The van der Waals surface area contributed by atoms with Gasteiger partial charge in [0.2, 0.25) is 0 Å². The molecule has 0 saturated heterocycles. The van der Waals surface area contributed by atoms with E-state index in [9.17, 15) is 4.79 Å². The molecule has 0 atom stereocenters. The molecule has 0 aliphatic carbocycles. The van der Waals surface area contributed by atoms with E-state index >= 15 is 0 Å². The first kappa shape index (κ1) is 20.3. The maximum atomic E-state index is 12.7. The normalized spacial score (nSPS) is 10.6. The summed E-state index contributed by atoms with van der Waals surface area (Å²) in [4.78, 5) is 17.0. The Morgan fingerprint density at radius 3 is 2.35 bits per heavy atom. The minimum absolute atomic E-state index is 0.175. The van der Waals surface area contributed by atoms with E-state index < -0.39 is 0 Å². The molecule has 6 nitrogen and oxygen atoms in total. The molecule has 0 aliphatic rings. The van der Waals surface area contributed by atoms with Crippen molar-refractivity contribution in [1.29, 1.82) is 0 Å². The summed E-state index contributed by atoms with van der Waals surface area (Å²) in [7, 11) is 0. The predicted molar refractivity (Wildman–Crippen MR) is 117 cm³/mol. The molecule has 0 spiro atoms. The van der Waals surface area contributed by atoms with E-state index in [-0.39, 0.29) is 12.6 Å². The molecule has 156 valence electrons. The number of hydrogen-bond acceptors (Lipinski definition) is 5. The van der Waals surface area contributed by atoms with Crippen LogP contribution in [0.5, 0.6) is 5.75 Å². The number of esters is 1. The number of benzene rings is 2. The van der Waals surface area contributed by atoms with Crippen molar-refractivity contribution in [3.63, 3.8) is 0 Å². The Morgan fingerprint density at radius 1 is 0.903 bits per heavy atom. The van der Waals surface area contributed by atoms with Crippen LogP contribution in [0.25, 0.3) is 5.69 Å². The summed E-state index contributed by atoms with van der Waals surface area (Å²) in [5, 5.41) is 4.51. The van der Waals surface area contributed by atoms with Gasteiger partial charge in [-0.05, 0) is 55.8 Å². The van der Waals surface area contributed by atoms with Crippen LogP contribution in [0.2, 0.25) is 0 Å². The highest BCUT2D eigenvalue weighted by Crippen LogP contribution is 2.20. The Kier molecular flexibility index (Phi) is 6.08. The summed E-state index contributed by atoms with van der Waals surface area (Å²) in [6, 6.07) is 22.9. The zero-order chi connectivity index (χ0) is 21.6. The summed E-state index contributed by atoms with van der Waals surface area (Å²) in [6.45, 7) is 4.27. The highest BCUT2D eigenvalue weighted by atomic mass is 16.5. The van der Waals surface area contributed by atoms with E-state index in [2.05, 4.69) is 10.1 Å². The standard InChI is InChI=1S/C25H23N3O3/c1-18-24(19(2)28(27-18)22-9-4-3-5-10-22)25(29)31-16-20-11-13-23(14-12-20)30-17-21-8-6-7-15-26-21/h3-15H,16-17H2,1-2H3. The summed E-state index contributed by atoms with van der Waals surface area (Å²) >= 11 is 0. The number of aryl methyl sites for hydroxylation is 1. The van der Waals surface area contributed by atoms with Crippen LogP contribution in [0.3, 0.4) is 0 Å². The fraction of sp³-hybridized carbons (Fsp3) is 0.160. The van der Waals surface area contributed by atoms with Crippen molar-refractivity contribution >= 4 is 5.97 Å². The number of carbonyl (C=O) groups excluding carboxylic acids is 1. The van der Waals surface area contributed by atoms with Crippen molar-refractivity contribution < 1.29 is 14.3 Å². The average Bonchev–Trinajstić information content (AvgIpc) is 3.12. The first-order valence-corrected chi connectivity index (χ1v) is 10.0. The Labute approximate surface area is 181 Å². The second-order valence-corrected chi connectivity index (χ2v) is 7.12. The van der Waals surface area contributed by atoms with Gasteiger partial charge < -0.3 is 9.47 Å². The molecule has 2 aromatic carbocycles. The number of nitrogens with zero attached hydrogens (tertiary/aromatic N) is 3. The van der Waals surface area contributed by atoms with Crippen LogP contribution in [-0.2, 0) is 18.0 Å². The van der Waals surface area contributed by atoms with Gasteiger partial charge in [-0.15, -0.1) is 0 Å². The number of ether oxygens (including phenoxy) is 2.